The quantitative estimate of drug-likeness (QED) is 0.154. The number of hydrogen-bond acceptors (Lipinski definition) is 6. The molecule has 0 aliphatic rings. The van der Waals surface area contributed by atoms with Crippen LogP contribution in [0.25, 0.3) is 10.9 Å². The highest BCUT2D eigenvalue weighted by Crippen LogP contribution is 2.28. The number of aliphatic hydroxyl groups is 1. The highest BCUT2D eigenvalue weighted by Gasteiger charge is 2.13. The number of aromatic hydroxyl groups is 1. The number of aromatic amines is 1. The van der Waals surface area contributed by atoms with Crippen LogP contribution in [0.5, 0.6) is 5.75 Å². The van der Waals surface area contributed by atoms with Crippen molar-refractivity contribution in [1.82, 2.24) is 15.6 Å². The standard InChI is InChI=1S/C30H34N4O3/c1-21(32-18-5-8-22-6-3-2-4-7-22)33-24-11-9-23(10-12-24)17-19-31-20-28(36)25-13-15-27(35)30-26(25)14-16-29(37)34-30/h2-4,6-7,9-16,28,31-33,35-36H,1,5,8,17-20H2,(H,34,37)/t28-/m0/s1. The molecule has 1 atom stereocenters. The van der Waals surface area contributed by atoms with E-state index >= 15 is 0 Å². The number of phenols is 1. The summed E-state index contributed by atoms with van der Waals surface area (Å²) in [6.45, 7) is 5.97. The molecule has 0 aliphatic carbocycles. The lowest BCUT2D eigenvalue weighted by Gasteiger charge is -2.15. The topological polar surface area (TPSA) is 109 Å². The first-order valence-corrected chi connectivity index (χ1v) is 12.6. The molecular formula is C30H34N4O3. The third kappa shape index (κ3) is 7.46. The molecule has 0 bridgehead atoms. The van der Waals surface area contributed by atoms with Crippen LogP contribution in [-0.2, 0) is 12.8 Å². The second-order valence-corrected chi connectivity index (χ2v) is 9.07. The van der Waals surface area contributed by atoms with Gasteiger partial charge in [0.15, 0.2) is 0 Å². The van der Waals surface area contributed by atoms with Gasteiger partial charge in [-0.15, -0.1) is 0 Å². The molecule has 37 heavy (non-hydrogen) atoms. The lowest BCUT2D eigenvalue weighted by Crippen LogP contribution is -2.24. The largest absolute Gasteiger partial charge is 0.506 e. The molecule has 0 amide bonds. The summed E-state index contributed by atoms with van der Waals surface area (Å²) < 4.78 is 0. The molecule has 0 fully saturated rings. The van der Waals surface area contributed by atoms with Crippen molar-refractivity contribution < 1.29 is 10.2 Å². The molecule has 7 heteroatoms. The fourth-order valence-electron chi connectivity index (χ4n) is 4.28. The Bertz CT molecular complexity index is 1370. The van der Waals surface area contributed by atoms with Crippen molar-refractivity contribution in [3.63, 3.8) is 0 Å². The zero-order valence-electron chi connectivity index (χ0n) is 20.8. The van der Waals surface area contributed by atoms with E-state index in [1.54, 1.807) is 12.1 Å². The normalized spacial score (nSPS) is 11.8. The fraction of sp³-hybridized carbons (Fsp3) is 0.233. The van der Waals surface area contributed by atoms with Gasteiger partial charge in [-0.1, -0.05) is 55.1 Å². The fourth-order valence-corrected chi connectivity index (χ4v) is 4.28. The highest BCUT2D eigenvalue weighted by molar-refractivity contribution is 5.87. The van der Waals surface area contributed by atoms with Crippen molar-refractivity contribution in [2.75, 3.05) is 25.0 Å². The number of nitrogens with one attached hydrogen (secondary N) is 4. The maximum Gasteiger partial charge on any atom is 0.248 e. The van der Waals surface area contributed by atoms with Crippen LogP contribution >= 0.6 is 0 Å². The maximum atomic E-state index is 11.6. The molecule has 0 spiro atoms. The summed E-state index contributed by atoms with van der Waals surface area (Å²) in [5, 5.41) is 31.2. The summed E-state index contributed by atoms with van der Waals surface area (Å²) in [7, 11) is 0. The number of aliphatic hydroxyl groups excluding tert-OH is 1. The van der Waals surface area contributed by atoms with E-state index in [2.05, 4.69) is 63.9 Å². The number of pyridine rings is 1. The van der Waals surface area contributed by atoms with E-state index in [4.69, 9.17) is 0 Å². The van der Waals surface area contributed by atoms with E-state index in [-0.39, 0.29) is 11.3 Å². The number of benzene rings is 3. The van der Waals surface area contributed by atoms with Gasteiger partial charge in [-0.3, -0.25) is 4.79 Å². The third-order valence-corrected chi connectivity index (χ3v) is 6.27. The lowest BCUT2D eigenvalue weighted by atomic mass is 10.0. The smallest absolute Gasteiger partial charge is 0.248 e. The van der Waals surface area contributed by atoms with Gasteiger partial charge in [0.2, 0.25) is 5.56 Å². The minimum atomic E-state index is -0.771. The average molecular weight is 499 g/mol. The maximum absolute atomic E-state index is 11.6. The van der Waals surface area contributed by atoms with Crippen LogP contribution in [-0.4, -0.2) is 34.8 Å². The summed E-state index contributed by atoms with van der Waals surface area (Å²) >= 11 is 0. The van der Waals surface area contributed by atoms with Crippen LogP contribution in [0.3, 0.4) is 0 Å². The zero-order valence-corrected chi connectivity index (χ0v) is 20.8. The van der Waals surface area contributed by atoms with E-state index in [9.17, 15) is 15.0 Å². The van der Waals surface area contributed by atoms with Gasteiger partial charge >= 0.3 is 0 Å². The van der Waals surface area contributed by atoms with E-state index < -0.39 is 6.10 Å². The van der Waals surface area contributed by atoms with E-state index in [1.807, 2.05) is 18.2 Å². The molecule has 0 radical (unpaired) electrons. The molecule has 0 unspecified atom stereocenters. The Kier molecular flexibility index (Phi) is 8.97. The van der Waals surface area contributed by atoms with Gasteiger partial charge in [-0.2, -0.15) is 0 Å². The Morgan fingerprint density at radius 1 is 0.892 bits per heavy atom. The second kappa shape index (κ2) is 12.8. The van der Waals surface area contributed by atoms with Crippen LogP contribution < -0.4 is 21.5 Å². The monoisotopic (exact) mass is 498 g/mol. The molecule has 192 valence electrons. The van der Waals surface area contributed by atoms with Gasteiger partial charge in [0, 0.05) is 30.2 Å². The van der Waals surface area contributed by atoms with Gasteiger partial charge < -0.3 is 31.1 Å². The number of rotatable bonds is 13. The van der Waals surface area contributed by atoms with Crippen molar-refractivity contribution >= 4 is 16.6 Å². The van der Waals surface area contributed by atoms with Gasteiger partial charge in [0.25, 0.3) is 0 Å². The number of H-pyrrole nitrogens is 1. The van der Waals surface area contributed by atoms with E-state index in [1.165, 1.54) is 23.3 Å². The predicted octanol–water partition coefficient (Wildman–Crippen LogP) is 4.20. The third-order valence-electron chi connectivity index (χ3n) is 6.27. The predicted molar refractivity (Wildman–Crippen MR) is 150 cm³/mol. The summed E-state index contributed by atoms with van der Waals surface area (Å²) in [4.78, 5) is 14.2. The molecule has 0 saturated carbocycles. The minimum absolute atomic E-state index is 0.0167. The molecule has 4 aromatic rings. The molecule has 0 aliphatic heterocycles. The van der Waals surface area contributed by atoms with Gasteiger partial charge in [0.1, 0.15) is 5.75 Å². The number of anilines is 1. The lowest BCUT2D eigenvalue weighted by molar-refractivity contribution is 0.176. The molecule has 7 nitrogen and oxygen atoms in total. The second-order valence-electron chi connectivity index (χ2n) is 9.07. The first-order chi connectivity index (χ1) is 18.0. The Hall–Kier alpha value is -4.07. The Labute approximate surface area is 216 Å². The summed E-state index contributed by atoms with van der Waals surface area (Å²) in [5.74, 6) is 0.763. The van der Waals surface area contributed by atoms with Crippen LogP contribution in [0.15, 0.2) is 96.1 Å². The SMILES string of the molecule is C=C(NCCCc1ccccc1)Nc1ccc(CCNC[C@H](O)c2ccc(O)c3[nH]c(=O)ccc23)cc1. The van der Waals surface area contributed by atoms with Gasteiger partial charge in [-0.25, -0.2) is 0 Å². The molecule has 0 saturated heterocycles. The van der Waals surface area contributed by atoms with Gasteiger partial charge in [0.05, 0.1) is 17.4 Å². The van der Waals surface area contributed by atoms with Crippen LogP contribution in [0.2, 0.25) is 0 Å². The Morgan fingerprint density at radius 2 is 1.65 bits per heavy atom. The zero-order chi connectivity index (χ0) is 26.0. The van der Waals surface area contributed by atoms with Crippen LogP contribution in [0.1, 0.15) is 29.2 Å². The molecule has 1 aromatic heterocycles. The van der Waals surface area contributed by atoms with Crippen molar-refractivity contribution in [3.05, 3.63) is 118 Å². The summed E-state index contributed by atoms with van der Waals surface area (Å²) in [6.07, 6.45) is 2.11. The molecule has 6 N–H and O–H groups in total. The molecular weight excluding hydrogens is 464 g/mol. The van der Waals surface area contributed by atoms with Crippen LogP contribution in [0.4, 0.5) is 5.69 Å². The first-order valence-electron chi connectivity index (χ1n) is 12.6. The molecule has 1 heterocycles. The minimum Gasteiger partial charge on any atom is -0.506 e. The van der Waals surface area contributed by atoms with Crippen molar-refractivity contribution in [3.8, 4) is 5.75 Å². The number of aryl methyl sites for hydroxylation is 1. The highest BCUT2D eigenvalue weighted by atomic mass is 16.3. The summed E-state index contributed by atoms with van der Waals surface area (Å²) in [6, 6.07) is 24.9. The van der Waals surface area contributed by atoms with E-state index in [0.29, 0.717) is 29.6 Å². The number of hydrogen-bond donors (Lipinski definition) is 6. The van der Waals surface area contributed by atoms with Crippen molar-refractivity contribution in [1.29, 1.82) is 0 Å². The number of fused-ring (bicyclic) bond motifs is 1. The average Bonchev–Trinajstić information content (AvgIpc) is 2.91. The van der Waals surface area contributed by atoms with Crippen molar-refractivity contribution in [2.45, 2.75) is 25.4 Å². The molecule has 4 rings (SSSR count). The van der Waals surface area contributed by atoms with Crippen molar-refractivity contribution in [2.24, 2.45) is 0 Å². The Morgan fingerprint density at radius 3 is 2.43 bits per heavy atom. The first kappa shape index (κ1) is 26.0. The molecule has 3 aromatic carbocycles. The van der Waals surface area contributed by atoms with Gasteiger partial charge in [-0.05, 0) is 66.8 Å². The Balaban J connectivity index is 1.17. The number of aromatic nitrogens is 1. The summed E-state index contributed by atoms with van der Waals surface area (Å²) in [5.41, 5.74) is 4.19. The number of phenolic OH excluding ortho intramolecular Hbond substituents is 1. The van der Waals surface area contributed by atoms with Crippen LogP contribution in [0, 0.1) is 0 Å². The van der Waals surface area contributed by atoms with E-state index in [0.717, 1.165) is 37.3 Å².